The van der Waals surface area contributed by atoms with Gasteiger partial charge in [0.15, 0.2) is 0 Å². The summed E-state index contributed by atoms with van der Waals surface area (Å²) in [5.41, 5.74) is -0.118. The van der Waals surface area contributed by atoms with Gasteiger partial charge in [-0.15, -0.1) is 0 Å². The minimum absolute atomic E-state index is 0.0216. The molecule has 6 nitrogen and oxygen atoms in total. The van der Waals surface area contributed by atoms with Crippen molar-refractivity contribution in [3.8, 4) is 0 Å². The first-order valence-electron chi connectivity index (χ1n) is 4.83. The van der Waals surface area contributed by atoms with Crippen LogP contribution in [0.5, 0.6) is 0 Å². The van der Waals surface area contributed by atoms with Crippen molar-refractivity contribution >= 4 is 17.6 Å². The maximum Gasteiger partial charge on any atom is 0.338 e. The van der Waals surface area contributed by atoms with E-state index in [0.717, 1.165) is 6.07 Å². The van der Waals surface area contributed by atoms with Crippen molar-refractivity contribution in [2.75, 3.05) is 6.61 Å². The Morgan fingerprint density at radius 2 is 2.12 bits per heavy atom. The summed E-state index contributed by atoms with van der Waals surface area (Å²) in [7, 11) is 0. The van der Waals surface area contributed by atoms with Crippen molar-refractivity contribution in [1.29, 1.82) is 0 Å². The van der Waals surface area contributed by atoms with Gasteiger partial charge in [-0.2, -0.15) is 0 Å². The van der Waals surface area contributed by atoms with Crippen LogP contribution in [-0.4, -0.2) is 44.1 Å². The summed E-state index contributed by atoms with van der Waals surface area (Å²) < 4.78 is 0. The van der Waals surface area contributed by atoms with Crippen molar-refractivity contribution < 1.29 is 25.2 Å². The molecule has 1 heterocycles. The van der Waals surface area contributed by atoms with Crippen molar-refractivity contribution in [2.24, 2.45) is 0 Å². The highest BCUT2D eigenvalue weighted by atomic mass is 35.5. The van der Waals surface area contributed by atoms with Crippen LogP contribution in [0, 0.1) is 0 Å². The number of carboxylic acids is 1. The van der Waals surface area contributed by atoms with Crippen LogP contribution in [0.3, 0.4) is 0 Å². The molecule has 0 aliphatic carbocycles. The fourth-order valence-electron chi connectivity index (χ4n) is 1.29. The average molecular weight is 262 g/mol. The number of aromatic nitrogens is 1. The van der Waals surface area contributed by atoms with E-state index in [4.69, 9.17) is 21.8 Å². The zero-order valence-electron chi connectivity index (χ0n) is 8.75. The first-order valence-corrected chi connectivity index (χ1v) is 5.21. The van der Waals surface area contributed by atoms with E-state index in [1.807, 2.05) is 0 Å². The van der Waals surface area contributed by atoms with Gasteiger partial charge in [-0.3, -0.25) is 0 Å². The van der Waals surface area contributed by atoms with Gasteiger partial charge in [0.25, 0.3) is 0 Å². The molecule has 0 aliphatic rings. The second-order valence-electron chi connectivity index (χ2n) is 3.44. The molecule has 2 unspecified atom stereocenters. The number of aliphatic hydroxyl groups excluding tert-OH is 3. The van der Waals surface area contributed by atoms with Crippen molar-refractivity contribution in [1.82, 2.24) is 4.98 Å². The Kier molecular flexibility index (Phi) is 4.83. The molecule has 0 fully saturated rings. The van der Waals surface area contributed by atoms with E-state index >= 15 is 0 Å². The van der Waals surface area contributed by atoms with Crippen LogP contribution >= 0.6 is 11.6 Å². The standard InChI is InChI=1S/C10H12ClNO5/c11-9-6(10(16)17)3-5(4-12-9)8(15)7(14)1-2-13/h3-4,7-8,13-15H,1-2H2,(H,16,17). The maximum atomic E-state index is 10.8. The summed E-state index contributed by atoms with van der Waals surface area (Å²) in [4.78, 5) is 14.4. The molecule has 2 atom stereocenters. The van der Waals surface area contributed by atoms with Crippen LogP contribution in [0.15, 0.2) is 12.3 Å². The highest BCUT2D eigenvalue weighted by Gasteiger charge is 2.20. The highest BCUT2D eigenvalue weighted by Crippen LogP contribution is 2.22. The lowest BCUT2D eigenvalue weighted by molar-refractivity contribution is 0.00397. The zero-order valence-corrected chi connectivity index (χ0v) is 9.50. The molecular formula is C10H12ClNO5. The maximum absolute atomic E-state index is 10.8. The SMILES string of the molecule is O=C(O)c1cc(C(O)C(O)CCO)cnc1Cl. The van der Waals surface area contributed by atoms with Crippen molar-refractivity contribution in [2.45, 2.75) is 18.6 Å². The smallest absolute Gasteiger partial charge is 0.338 e. The molecule has 0 saturated carbocycles. The first-order chi connectivity index (χ1) is 7.97. The van der Waals surface area contributed by atoms with Gasteiger partial charge in [0.1, 0.15) is 11.3 Å². The number of halogens is 1. The summed E-state index contributed by atoms with van der Waals surface area (Å²) in [5, 5.41) is 36.4. The fourth-order valence-corrected chi connectivity index (χ4v) is 1.47. The lowest BCUT2D eigenvalue weighted by Crippen LogP contribution is -2.20. The third-order valence-corrected chi connectivity index (χ3v) is 2.52. The topological polar surface area (TPSA) is 111 Å². The second-order valence-corrected chi connectivity index (χ2v) is 3.79. The van der Waals surface area contributed by atoms with Gasteiger partial charge in [0.05, 0.1) is 11.7 Å². The number of carbonyl (C=O) groups is 1. The molecule has 0 aliphatic heterocycles. The molecule has 7 heteroatoms. The number of hydrogen-bond donors (Lipinski definition) is 4. The molecule has 1 rings (SSSR count). The minimum Gasteiger partial charge on any atom is -0.478 e. The number of carboxylic acid groups (broad SMARTS) is 1. The Morgan fingerprint density at radius 3 is 2.65 bits per heavy atom. The van der Waals surface area contributed by atoms with E-state index in [1.54, 1.807) is 0 Å². The second kappa shape index (κ2) is 5.92. The predicted octanol–water partition coefficient (Wildman–Crippen LogP) is 0.210. The molecule has 1 aromatic heterocycles. The van der Waals surface area contributed by atoms with Gasteiger partial charge < -0.3 is 20.4 Å². The van der Waals surface area contributed by atoms with E-state index in [0.29, 0.717) is 0 Å². The summed E-state index contributed by atoms with van der Waals surface area (Å²) in [6.45, 7) is -0.287. The monoisotopic (exact) mass is 261 g/mol. The van der Waals surface area contributed by atoms with E-state index in [9.17, 15) is 15.0 Å². The van der Waals surface area contributed by atoms with Crippen molar-refractivity contribution in [3.05, 3.63) is 28.5 Å². The molecule has 0 radical (unpaired) electrons. The molecule has 1 aromatic rings. The number of aliphatic hydroxyl groups is 3. The third kappa shape index (κ3) is 3.37. The van der Waals surface area contributed by atoms with Gasteiger partial charge in [0, 0.05) is 18.4 Å². The lowest BCUT2D eigenvalue weighted by atomic mass is 10.0. The van der Waals surface area contributed by atoms with Crippen LogP contribution in [-0.2, 0) is 0 Å². The largest absolute Gasteiger partial charge is 0.478 e. The summed E-state index contributed by atoms with van der Waals surface area (Å²) in [5.74, 6) is -1.27. The van der Waals surface area contributed by atoms with Gasteiger partial charge >= 0.3 is 5.97 Å². The van der Waals surface area contributed by atoms with Crippen LogP contribution in [0.25, 0.3) is 0 Å². The Bertz CT molecular complexity index is 412. The number of nitrogens with zero attached hydrogens (tertiary/aromatic N) is 1. The molecule has 0 saturated heterocycles. The third-order valence-electron chi connectivity index (χ3n) is 2.22. The van der Waals surface area contributed by atoms with Crippen LogP contribution < -0.4 is 0 Å². The fraction of sp³-hybridized carbons (Fsp3) is 0.400. The molecule has 0 spiro atoms. The molecule has 0 aromatic carbocycles. The van der Waals surface area contributed by atoms with Crippen LogP contribution in [0.4, 0.5) is 0 Å². The zero-order chi connectivity index (χ0) is 13.0. The Balaban J connectivity index is 2.99. The summed E-state index contributed by atoms with van der Waals surface area (Å²) in [6.07, 6.45) is -1.35. The first kappa shape index (κ1) is 13.9. The van der Waals surface area contributed by atoms with Crippen LogP contribution in [0.1, 0.15) is 28.4 Å². The molecule has 17 heavy (non-hydrogen) atoms. The van der Waals surface area contributed by atoms with Gasteiger partial charge in [0.2, 0.25) is 0 Å². The lowest BCUT2D eigenvalue weighted by Gasteiger charge is -2.17. The Labute approximate surface area is 102 Å². The molecule has 0 bridgehead atoms. The van der Waals surface area contributed by atoms with Gasteiger partial charge in [-0.25, -0.2) is 9.78 Å². The normalized spacial score (nSPS) is 14.4. The van der Waals surface area contributed by atoms with Gasteiger partial charge in [-0.05, 0) is 12.5 Å². The Hall–Kier alpha value is -1.21. The Morgan fingerprint density at radius 1 is 1.47 bits per heavy atom. The quantitative estimate of drug-likeness (QED) is 0.564. The van der Waals surface area contributed by atoms with E-state index in [1.165, 1.54) is 6.20 Å². The molecular weight excluding hydrogens is 250 g/mol. The highest BCUT2D eigenvalue weighted by molar-refractivity contribution is 6.32. The number of pyridine rings is 1. The molecule has 0 amide bonds. The van der Waals surface area contributed by atoms with E-state index in [-0.39, 0.29) is 29.3 Å². The van der Waals surface area contributed by atoms with Crippen LogP contribution in [0.2, 0.25) is 5.15 Å². The number of aromatic carboxylic acids is 1. The number of hydrogen-bond acceptors (Lipinski definition) is 5. The predicted molar refractivity (Wildman–Crippen MR) is 58.9 cm³/mol. The summed E-state index contributed by atoms with van der Waals surface area (Å²) in [6, 6.07) is 1.14. The van der Waals surface area contributed by atoms with E-state index < -0.39 is 18.2 Å². The average Bonchev–Trinajstić information content (AvgIpc) is 2.28. The molecule has 4 N–H and O–H groups in total. The van der Waals surface area contributed by atoms with E-state index in [2.05, 4.69) is 4.98 Å². The van der Waals surface area contributed by atoms with Gasteiger partial charge in [-0.1, -0.05) is 11.6 Å². The summed E-state index contributed by atoms with van der Waals surface area (Å²) >= 11 is 5.56. The molecule has 94 valence electrons. The number of rotatable bonds is 5. The van der Waals surface area contributed by atoms with Crippen molar-refractivity contribution in [3.63, 3.8) is 0 Å². The minimum atomic E-state index is -1.31.